The number of thioether (sulfide) groups is 1. The zero-order chi connectivity index (χ0) is 14.7. The number of hydrogen-bond acceptors (Lipinski definition) is 5. The number of imidazole rings is 1. The molecule has 1 atom stereocenters. The Bertz CT molecular complexity index is 705. The number of nitrogens with zero attached hydrogens (tertiary/aromatic N) is 2. The summed E-state index contributed by atoms with van der Waals surface area (Å²) in [6.45, 7) is 1.99. The van der Waals surface area contributed by atoms with Gasteiger partial charge in [-0.25, -0.2) is 9.97 Å². The maximum atomic E-state index is 12.3. The quantitative estimate of drug-likeness (QED) is 0.706. The van der Waals surface area contributed by atoms with Gasteiger partial charge in [-0.15, -0.1) is 11.3 Å². The second kappa shape index (κ2) is 6.28. The van der Waals surface area contributed by atoms with E-state index < -0.39 is 0 Å². The van der Waals surface area contributed by atoms with E-state index in [4.69, 9.17) is 0 Å². The largest absolute Gasteiger partial charge is 0.333 e. The maximum Gasteiger partial charge on any atom is 0.239 e. The Kier molecular flexibility index (Phi) is 4.21. The van der Waals surface area contributed by atoms with E-state index in [1.54, 1.807) is 6.20 Å². The number of thiazole rings is 1. The fourth-order valence-corrected chi connectivity index (χ4v) is 3.37. The number of benzene rings is 1. The molecule has 2 heterocycles. The first-order valence-corrected chi connectivity index (χ1v) is 8.34. The fourth-order valence-electron chi connectivity index (χ4n) is 1.91. The number of carbonyl (C=O) groups is 1. The van der Waals surface area contributed by atoms with Crippen LogP contribution in [0.4, 0.5) is 5.13 Å². The third-order valence-electron chi connectivity index (χ3n) is 2.95. The first kappa shape index (κ1) is 14.1. The molecular formula is C14H14N4OS2. The highest BCUT2D eigenvalue weighted by atomic mass is 32.2. The lowest BCUT2D eigenvalue weighted by Crippen LogP contribution is -2.24. The lowest BCUT2D eigenvalue weighted by molar-refractivity contribution is -0.115. The summed E-state index contributed by atoms with van der Waals surface area (Å²) in [5.41, 5.74) is 1.89. The molecule has 0 unspecified atom stereocenters. The van der Waals surface area contributed by atoms with E-state index in [0.717, 1.165) is 22.6 Å². The molecule has 21 heavy (non-hydrogen) atoms. The molecule has 0 fully saturated rings. The van der Waals surface area contributed by atoms with Crippen molar-refractivity contribution in [3.8, 4) is 0 Å². The lowest BCUT2D eigenvalue weighted by Gasteiger charge is -2.11. The van der Waals surface area contributed by atoms with Gasteiger partial charge < -0.3 is 10.3 Å². The number of anilines is 1. The summed E-state index contributed by atoms with van der Waals surface area (Å²) in [5, 5.41) is 5.86. The number of carbonyl (C=O) groups excluding carboxylic acids is 1. The number of nitrogens with one attached hydrogen (secondary N) is 2. The molecule has 3 aromatic rings. The van der Waals surface area contributed by atoms with E-state index in [-0.39, 0.29) is 11.2 Å². The SMILES string of the molecule is CC[C@@H](Sc1nc2ccccc2[nH]1)C(=O)Nc1nccs1. The third-order valence-corrected chi connectivity index (χ3v) is 4.88. The van der Waals surface area contributed by atoms with Gasteiger partial charge in [-0.3, -0.25) is 4.79 Å². The molecule has 0 aliphatic rings. The Labute approximate surface area is 130 Å². The Morgan fingerprint density at radius 3 is 3.05 bits per heavy atom. The van der Waals surface area contributed by atoms with Crippen LogP contribution in [0.1, 0.15) is 13.3 Å². The normalized spacial score (nSPS) is 12.4. The van der Waals surface area contributed by atoms with Crippen LogP contribution in [0.15, 0.2) is 41.0 Å². The lowest BCUT2D eigenvalue weighted by atomic mass is 10.3. The van der Waals surface area contributed by atoms with Gasteiger partial charge in [-0.1, -0.05) is 30.8 Å². The van der Waals surface area contributed by atoms with Crippen molar-refractivity contribution < 1.29 is 4.79 Å². The number of rotatable bonds is 5. The van der Waals surface area contributed by atoms with E-state index in [1.807, 2.05) is 36.6 Å². The molecule has 0 radical (unpaired) electrons. The monoisotopic (exact) mass is 318 g/mol. The molecule has 1 aromatic carbocycles. The standard InChI is InChI=1S/C14H14N4OS2/c1-2-11(12(19)18-13-15-7-8-20-13)21-14-16-9-5-3-4-6-10(9)17-14/h3-8,11H,2H2,1H3,(H,16,17)(H,15,18,19)/t11-/m1/s1. The van der Waals surface area contributed by atoms with Gasteiger partial charge in [0.2, 0.25) is 5.91 Å². The fraction of sp³-hybridized carbons (Fsp3) is 0.214. The molecule has 0 aliphatic heterocycles. The Hall–Kier alpha value is -1.86. The average Bonchev–Trinajstić information content (AvgIpc) is 3.12. The topological polar surface area (TPSA) is 70.7 Å². The van der Waals surface area contributed by atoms with Crippen molar-refractivity contribution >= 4 is 45.2 Å². The van der Waals surface area contributed by atoms with E-state index in [1.165, 1.54) is 23.1 Å². The Morgan fingerprint density at radius 2 is 2.33 bits per heavy atom. The van der Waals surface area contributed by atoms with Crippen molar-refractivity contribution in [3.05, 3.63) is 35.8 Å². The smallest absolute Gasteiger partial charge is 0.239 e. The van der Waals surface area contributed by atoms with Gasteiger partial charge in [-0.05, 0) is 18.6 Å². The molecule has 0 saturated heterocycles. The Morgan fingerprint density at radius 1 is 1.48 bits per heavy atom. The molecule has 2 N–H and O–H groups in total. The summed E-state index contributed by atoms with van der Waals surface area (Å²) in [5.74, 6) is -0.0436. The summed E-state index contributed by atoms with van der Waals surface area (Å²) < 4.78 is 0. The van der Waals surface area contributed by atoms with Crippen LogP contribution in [0.3, 0.4) is 0 Å². The van der Waals surface area contributed by atoms with Crippen molar-refractivity contribution in [1.82, 2.24) is 15.0 Å². The predicted molar refractivity (Wildman–Crippen MR) is 86.8 cm³/mol. The summed E-state index contributed by atoms with van der Waals surface area (Å²) in [6.07, 6.45) is 2.40. The number of fused-ring (bicyclic) bond motifs is 1. The maximum absolute atomic E-state index is 12.3. The minimum atomic E-state index is -0.200. The third kappa shape index (κ3) is 3.25. The van der Waals surface area contributed by atoms with Crippen molar-refractivity contribution in [1.29, 1.82) is 0 Å². The second-order valence-electron chi connectivity index (χ2n) is 4.40. The van der Waals surface area contributed by atoms with E-state index >= 15 is 0 Å². The van der Waals surface area contributed by atoms with Crippen LogP contribution in [0.25, 0.3) is 11.0 Å². The number of hydrogen-bond donors (Lipinski definition) is 2. The molecule has 5 nitrogen and oxygen atoms in total. The first-order chi connectivity index (χ1) is 10.3. The van der Waals surface area contributed by atoms with Crippen molar-refractivity contribution in [2.45, 2.75) is 23.8 Å². The molecule has 3 rings (SSSR count). The Balaban J connectivity index is 1.72. The van der Waals surface area contributed by atoms with Gasteiger partial charge in [0.1, 0.15) is 0 Å². The molecule has 108 valence electrons. The van der Waals surface area contributed by atoms with Crippen molar-refractivity contribution in [2.75, 3.05) is 5.32 Å². The minimum absolute atomic E-state index is 0.0436. The average molecular weight is 318 g/mol. The summed E-state index contributed by atoms with van der Waals surface area (Å²) in [6, 6.07) is 7.83. The van der Waals surface area contributed by atoms with E-state index in [9.17, 15) is 4.79 Å². The van der Waals surface area contributed by atoms with Crippen LogP contribution in [0.5, 0.6) is 0 Å². The van der Waals surface area contributed by atoms with Crippen molar-refractivity contribution in [2.24, 2.45) is 0 Å². The van der Waals surface area contributed by atoms with Gasteiger partial charge in [0.25, 0.3) is 0 Å². The molecular weight excluding hydrogens is 304 g/mol. The van der Waals surface area contributed by atoms with Gasteiger partial charge in [0.05, 0.1) is 16.3 Å². The zero-order valence-electron chi connectivity index (χ0n) is 11.4. The summed E-state index contributed by atoms with van der Waals surface area (Å²) >= 11 is 2.86. The molecule has 7 heteroatoms. The highest BCUT2D eigenvalue weighted by Gasteiger charge is 2.20. The minimum Gasteiger partial charge on any atom is -0.333 e. The molecule has 0 aliphatic carbocycles. The van der Waals surface area contributed by atoms with Crippen LogP contribution in [-0.4, -0.2) is 26.1 Å². The van der Waals surface area contributed by atoms with E-state index in [0.29, 0.717) is 5.13 Å². The predicted octanol–water partition coefficient (Wildman–Crippen LogP) is 3.53. The van der Waals surface area contributed by atoms with Crippen molar-refractivity contribution in [3.63, 3.8) is 0 Å². The van der Waals surface area contributed by atoms with Crippen LogP contribution in [-0.2, 0) is 4.79 Å². The van der Waals surface area contributed by atoms with Crippen LogP contribution in [0, 0.1) is 0 Å². The number of H-pyrrole nitrogens is 1. The summed E-state index contributed by atoms with van der Waals surface area (Å²) in [4.78, 5) is 24.1. The van der Waals surface area contributed by atoms with Crippen LogP contribution in [0.2, 0.25) is 0 Å². The molecule has 1 amide bonds. The van der Waals surface area contributed by atoms with Gasteiger partial charge >= 0.3 is 0 Å². The van der Waals surface area contributed by atoms with Gasteiger partial charge in [0, 0.05) is 11.6 Å². The number of amides is 1. The molecule has 0 bridgehead atoms. The highest BCUT2D eigenvalue weighted by Crippen LogP contribution is 2.26. The molecule has 2 aromatic heterocycles. The number of aromatic nitrogens is 3. The second-order valence-corrected chi connectivity index (χ2v) is 6.49. The van der Waals surface area contributed by atoms with Crippen LogP contribution < -0.4 is 5.32 Å². The highest BCUT2D eigenvalue weighted by molar-refractivity contribution is 8.00. The number of para-hydroxylation sites is 2. The summed E-state index contributed by atoms with van der Waals surface area (Å²) in [7, 11) is 0. The van der Waals surface area contributed by atoms with Gasteiger partial charge in [-0.2, -0.15) is 0 Å². The molecule has 0 spiro atoms. The first-order valence-electron chi connectivity index (χ1n) is 6.58. The zero-order valence-corrected chi connectivity index (χ0v) is 13.0. The van der Waals surface area contributed by atoms with E-state index in [2.05, 4.69) is 20.3 Å². The van der Waals surface area contributed by atoms with Gasteiger partial charge in [0.15, 0.2) is 10.3 Å². The molecule has 0 saturated carbocycles. The van der Waals surface area contributed by atoms with Crippen LogP contribution >= 0.6 is 23.1 Å². The number of aromatic amines is 1.